The van der Waals surface area contributed by atoms with Crippen molar-refractivity contribution in [3.63, 3.8) is 0 Å². The third kappa shape index (κ3) is 2.84. The third-order valence-corrected chi connectivity index (χ3v) is 13.8. The van der Waals surface area contributed by atoms with Crippen molar-refractivity contribution in [3.8, 4) is 0 Å². The van der Waals surface area contributed by atoms with E-state index in [-0.39, 0.29) is 45.0 Å². The van der Waals surface area contributed by atoms with Gasteiger partial charge in [-0.1, -0.05) is 41.5 Å². The van der Waals surface area contributed by atoms with Crippen LogP contribution < -0.4 is 0 Å². The molecule has 0 radical (unpaired) electrons. The maximum absolute atomic E-state index is 12.7. The summed E-state index contributed by atoms with van der Waals surface area (Å²) >= 11 is 0. The molecule has 5 saturated carbocycles. The highest BCUT2D eigenvalue weighted by atomic mass is 16.3. The first kappa shape index (κ1) is 24.0. The van der Waals surface area contributed by atoms with E-state index in [0.717, 1.165) is 44.9 Å². The van der Waals surface area contributed by atoms with E-state index in [2.05, 4.69) is 41.5 Å². The molecule has 10 atom stereocenters. The van der Waals surface area contributed by atoms with Crippen LogP contribution in [0.15, 0.2) is 0 Å². The number of hydrogen-bond acceptors (Lipinski definition) is 3. The van der Waals surface area contributed by atoms with Gasteiger partial charge in [-0.05, 0) is 109 Å². The molecule has 0 bridgehead atoms. The second-order valence-electron chi connectivity index (χ2n) is 14.8. The van der Waals surface area contributed by atoms with Crippen LogP contribution >= 0.6 is 0 Å². The fourth-order valence-electron chi connectivity index (χ4n) is 11.1. The summed E-state index contributed by atoms with van der Waals surface area (Å²) in [7, 11) is 0. The molecule has 33 heavy (non-hydrogen) atoms. The van der Waals surface area contributed by atoms with Gasteiger partial charge in [0, 0.05) is 24.4 Å². The summed E-state index contributed by atoms with van der Waals surface area (Å²) in [5, 5.41) is 10.3. The molecule has 0 unspecified atom stereocenters. The van der Waals surface area contributed by atoms with E-state index >= 15 is 0 Å². The van der Waals surface area contributed by atoms with Crippen LogP contribution in [-0.2, 0) is 9.59 Å². The second-order valence-corrected chi connectivity index (χ2v) is 14.8. The molecule has 0 amide bonds. The number of aliphatic hydroxyl groups is 1. The molecule has 0 aromatic rings. The van der Waals surface area contributed by atoms with Crippen molar-refractivity contribution in [2.45, 2.75) is 112 Å². The monoisotopic (exact) mass is 456 g/mol. The van der Waals surface area contributed by atoms with Crippen LogP contribution in [0.3, 0.4) is 0 Å². The minimum atomic E-state index is -0.189. The summed E-state index contributed by atoms with van der Waals surface area (Å²) in [6.45, 7) is 14.8. The summed E-state index contributed by atoms with van der Waals surface area (Å²) in [5.74, 6) is 2.34. The molecule has 0 aromatic heterocycles. The first-order chi connectivity index (χ1) is 15.3. The minimum absolute atomic E-state index is 0.0521. The van der Waals surface area contributed by atoms with E-state index in [4.69, 9.17) is 0 Å². The van der Waals surface area contributed by atoms with Gasteiger partial charge >= 0.3 is 0 Å². The van der Waals surface area contributed by atoms with Gasteiger partial charge in [-0.15, -0.1) is 0 Å². The maximum Gasteiger partial charge on any atom is 0.136 e. The Morgan fingerprint density at radius 3 is 2.12 bits per heavy atom. The molecule has 1 N–H and O–H groups in total. The number of fused-ring (bicyclic) bond motifs is 7. The molecule has 186 valence electrons. The Labute approximate surface area is 201 Å². The topological polar surface area (TPSA) is 54.4 Å². The van der Waals surface area contributed by atoms with Crippen LogP contribution in [0.2, 0.25) is 0 Å². The second kappa shape index (κ2) is 7.17. The van der Waals surface area contributed by atoms with Gasteiger partial charge in [0.05, 0.1) is 0 Å². The summed E-state index contributed by atoms with van der Waals surface area (Å²) in [6, 6.07) is 0. The molecule has 5 rings (SSSR count). The first-order valence-electron chi connectivity index (χ1n) is 13.9. The van der Waals surface area contributed by atoms with Crippen molar-refractivity contribution >= 4 is 12.1 Å². The lowest BCUT2D eigenvalue weighted by Crippen LogP contribution is -2.68. The van der Waals surface area contributed by atoms with Gasteiger partial charge in [0.25, 0.3) is 0 Å². The van der Waals surface area contributed by atoms with Crippen molar-refractivity contribution in [2.24, 2.45) is 56.2 Å². The van der Waals surface area contributed by atoms with E-state index in [0.29, 0.717) is 23.5 Å². The number of ketones is 1. The Morgan fingerprint density at radius 2 is 1.45 bits per heavy atom. The lowest BCUT2D eigenvalue weighted by Gasteiger charge is -2.74. The van der Waals surface area contributed by atoms with Crippen molar-refractivity contribution in [2.75, 3.05) is 6.61 Å². The van der Waals surface area contributed by atoms with Gasteiger partial charge in [0.1, 0.15) is 12.1 Å². The van der Waals surface area contributed by atoms with Crippen LogP contribution in [-0.4, -0.2) is 23.8 Å². The normalized spacial score (nSPS) is 58.5. The zero-order valence-electron chi connectivity index (χ0n) is 22.1. The number of aliphatic hydroxyl groups excluding tert-OH is 1. The highest BCUT2D eigenvalue weighted by Gasteiger charge is 2.71. The number of aldehydes is 1. The zero-order valence-corrected chi connectivity index (χ0v) is 22.1. The average Bonchev–Trinajstić information content (AvgIpc) is 2.79. The Morgan fingerprint density at radius 1 is 0.818 bits per heavy atom. The zero-order chi connectivity index (χ0) is 24.1. The van der Waals surface area contributed by atoms with Crippen LogP contribution in [0.1, 0.15) is 112 Å². The molecular weight excluding hydrogens is 408 g/mol. The lowest BCUT2D eigenvalue weighted by molar-refractivity contribution is -0.255. The number of rotatable bonds is 2. The number of hydrogen-bond donors (Lipinski definition) is 1. The quantitative estimate of drug-likeness (QED) is 0.476. The van der Waals surface area contributed by atoms with Gasteiger partial charge in [-0.2, -0.15) is 0 Å². The van der Waals surface area contributed by atoms with Crippen LogP contribution in [0.25, 0.3) is 0 Å². The molecule has 0 saturated heterocycles. The molecule has 5 aliphatic carbocycles. The highest BCUT2D eigenvalue weighted by Crippen LogP contribution is 2.78. The molecule has 0 aromatic carbocycles. The van der Waals surface area contributed by atoms with Crippen molar-refractivity contribution < 1.29 is 14.7 Å². The Kier molecular flexibility index (Phi) is 5.22. The van der Waals surface area contributed by atoms with Gasteiger partial charge in [-0.3, -0.25) is 4.79 Å². The molecule has 0 spiro atoms. The Balaban J connectivity index is 1.56. The fourth-order valence-corrected chi connectivity index (χ4v) is 11.1. The van der Waals surface area contributed by atoms with Crippen LogP contribution in [0.5, 0.6) is 0 Å². The molecular formula is C30H48O3. The smallest absolute Gasteiger partial charge is 0.136 e. The average molecular weight is 457 g/mol. The Bertz CT molecular complexity index is 851. The highest BCUT2D eigenvalue weighted by molar-refractivity contribution is 5.82. The molecule has 3 heteroatoms. The van der Waals surface area contributed by atoms with E-state index in [1.54, 1.807) is 0 Å². The van der Waals surface area contributed by atoms with E-state index in [1.807, 2.05) is 0 Å². The minimum Gasteiger partial charge on any atom is -0.396 e. The predicted octanol–water partition coefficient (Wildman–Crippen LogP) is 6.61. The van der Waals surface area contributed by atoms with Crippen molar-refractivity contribution in [1.82, 2.24) is 0 Å². The van der Waals surface area contributed by atoms with E-state index in [1.165, 1.54) is 32.0 Å². The van der Waals surface area contributed by atoms with Gasteiger partial charge in [0.15, 0.2) is 0 Å². The Hall–Kier alpha value is -0.700. The molecule has 5 fully saturated rings. The van der Waals surface area contributed by atoms with Gasteiger partial charge in [-0.25, -0.2) is 0 Å². The first-order valence-corrected chi connectivity index (χ1v) is 13.9. The summed E-state index contributed by atoms with van der Waals surface area (Å²) in [6.07, 6.45) is 13.1. The molecule has 0 aliphatic heterocycles. The van der Waals surface area contributed by atoms with Gasteiger partial charge in [0.2, 0.25) is 0 Å². The molecule has 0 heterocycles. The molecule has 3 nitrogen and oxygen atoms in total. The largest absolute Gasteiger partial charge is 0.396 e. The number of Topliss-reactive ketones (excluding diaryl/α,β-unsaturated/α-hetero) is 1. The SMILES string of the molecule is C[C@H]1C(=O)CC[C@@H]2[C@]1(C)CC[C@H]1[C@@]2(C)CC[C@@]2(C)[C@@H]3C[C@](C)(CO)CC[C@]3(C=O)CC[C@]12C. The summed E-state index contributed by atoms with van der Waals surface area (Å²) in [5.41, 5.74) is 0.543. The van der Waals surface area contributed by atoms with E-state index < -0.39 is 0 Å². The standard InChI is InChI=1S/C30H48O3/c1-20-21(33)7-8-22-26(20,3)10-9-23-27(22,4)12-13-29(6)24-17-25(2,18-31)11-15-30(24,19-32)16-14-28(23,29)5/h19-20,22-24,31H,7-18H2,1-6H3/t20-,22+,23-,24-,25+,26+,27-,28+,29-,30+/m0/s1. The van der Waals surface area contributed by atoms with Crippen LogP contribution in [0, 0.1) is 56.2 Å². The fraction of sp³-hybridized carbons (Fsp3) is 0.933. The van der Waals surface area contributed by atoms with Gasteiger partial charge < -0.3 is 9.90 Å². The van der Waals surface area contributed by atoms with E-state index in [9.17, 15) is 14.7 Å². The van der Waals surface area contributed by atoms with Crippen molar-refractivity contribution in [3.05, 3.63) is 0 Å². The number of carbonyl (C=O) groups excluding carboxylic acids is 2. The number of carbonyl (C=O) groups is 2. The van der Waals surface area contributed by atoms with Crippen molar-refractivity contribution in [1.29, 1.82) is 0 Å². The lowest BCUT2D eigenvalue weighted by atomic mass is 9.30. The predicted molar refractivity (Wildman–Crippen MR) is 132 cm³/mol. The summed E-state index contributed by atoms with van der Waals surface area (Å²) in [4.78, 5) is 25.4. The molecule has 5 aliphatic rings. The maximum atomic E-state index is 12.7. The van der Waals surface area contributed by atoms with Crippen LogP contribution in [0.4, 0.5) is 0 Å². The third-order valence-electron chi connectivity index (χ3n) is 13.8. The summed E-state index contributed by atoms with van der Waals surface area (Å²) < 4.78 is 0.